The van der Waals surface area contributed by atoms with Gasteiger partial charge in [0, 0.05) is 4.70 Å². The number of esters is 1. The predicted octanol–water partition coefficient (Wildman–Crippen LogP) is 3.00. The smallest absolute Gasteiger partial charge is 0.378 e. The molecule has 2 heterocycles. The second kappa shape index (κ2) is 5.01. The number of aromatic amines is 1. The van der Waals surface area contributed by atoms with E-state index < -0.39 is 5.97 Å². The maximum atomic E-state index is 13.2. The maximum absolute atomic E-state index is 13.2. The van der Waals surface area contributed by atoms with Crippen LogP contribution in [0.5, 0.6) is 0 Å². The van der Waals surface area contributed by atoms with Gasteiger partial charge in [0.25, 0.3) is 5.82 Å². The van der Waals surface area contributed by atoms with Crippen molar-refractivity contribution in [3.05, 3.63) is 35.9 Å². The summed E-state index contributed by atoms with van der Waals surface area (Å²) in [7, 11) is 0. The van der Waals surface area contributed by atoms with Crippen LogP contribution in [0.3, 0.4) is 0 Å². The molecule has 0 aliphatic carbocycles. The highest BCUT2D eigenvalue weighted by Gasteiger charge is 2.15. The lowest BCUT2D eigenvalue weighted by molar-refractivity contribution is 0.0512. The molecule has 0 fully saturated rings. The number of aromatic nitrogens is 3. The van der Waals surface area contributed by atoms with Crippen LogP contribution in [-0.2, 0) is 4.74 Å². The van der Waals surface area contributed by atoms with Crippen molar-refractivity contribution in [3.63, 3.8) is 0 Å². The fourth-order valence-corrected chi connectivity index (χ4v) is 2.81. The monoisotopic (exact) mass is 291 g/mol. The van der Waals surface area contributed by atoms with Crippen LogP contribution in [0, 0.1) is 5.82 Å². The highest BCUT2D eigenvalue weighted by Crippen LogP contribution is 2.32. The maximum Gasteiger partial charge on any atom is 0.378 e. The first-order chi connectivity index (χ1) is 9.67. The lowest BCUT2D eigenvalue weighted by Gasteiger charge is -1.94. The Morgan fingerprint density at radius 3 is 3.10 bits per heavy atom. The van der Waals surface area contributed by atoms with E-state index >= 15 is 0 Å². The summed E-state index contributed by atoms with van der Waals surface area (Å²) in [5.41, 5.74) is 0. The normalized spacial score (nSPS) is 10.9. The molecule has 0 radical (unpaired) electrons. The number of fused-ring (bicyclic) bond motifs is 1. The lowest BCUT2D eigenvalue weighted by Crippen LogP contribution is -2.06. The highest BCUT2D eigenvalue weighted by atomic mass is 32.1. The van der Waals surface area contributed by atoms with Gasteiger partial charge in [0.05, 0.1) is 11.5 Å². The zero-order valence-electron chi connectivity index (χ0n) is 10.5. The Morgan fingerprint density at radius 2 is 2.30 bits per heavy atom. The molecule has 20 heavy (non-hydrogen) atoms. The molecule has 7 heteroatoms. The Kier molecular flexibility index (Phi) is 3.19. The van der Waals surface area contributed by atoms with Crippen molar-refractivity contribution < 1.29 is 13.9 Å². The van der Waals surface area contributed by atoms with E-state index in [1.54, 1.807) is 13.0 Å². The number of carbonyl (C=O) groups excluding carboxylic acids is 1. The predicted molar refractivity (Wildman–Crippen MR) is 73.1 cm³/mol. The van der Waals surface area contributed by atoms with Gasteiger partial charge in [-0.1, -0.05) is 6.07 Å². The largest absolute Gasteiger partial charge is 0.460 e. The van der Waals surface area contributed by atoms with E-state index in [0.717, 1.165) is 15.0 Å². The fourth-order valence-electron chi connectivity index (χ4n) is 1.78. The molecule has 0 unspecified atom stereocenters. The molecule has 1 aromatic carbocycles. The van der Waals surface area contributed by atoms with Crippen LogP contribution < -0.4 is 0 Å². The summed E-state index contributed by atoms with van der Waals surface area (Å²) in [6.45, 7) is 1.98. The van der Waals surface area contributed by atoms with Crippen LogP contribution in [-0.4, -0.2) is 27.8 Å². The molecule has 0 spiro atoms. The number of hydrogen-bond acceptors (Lipinski definition) is 5. The van der Waals surface area contributed by atoms with Crippen LogP contribution in [0.2, 0.25) is 0 Å². The quantitative estimate of drug-likeness (QED) is 0.753. The molecule has 102 valence electrons. The van der Waals surface area contributed by atoms with Gasteiger partial charge < -0.3 is 4.74 Å². The number of nitrogens with one attached hydrogen (secondary N) is 1. The number of benzene rings is 1. The minimum absolute atomic E-state index is 0.00881. The van der Waals surface area contributed by atoms with Gasteiger partial charge in [0.15, 0.2) is 5.82 Å². The van der Waals surface area contributed by atoms with Gasteiger partial charge in [-0.15, -0.1) is 16.4 Å². The Hall–Kier alpha value is -2.28. The molecule has 1 N–H and O–H groups in total. The molecule has 5 nitrogen and oxygen atoms in total. The summed E-state index contributed by atoms with van der Waals surface area (Å²) < 4.78 is 18.8. The fraction of sp³-hybridized carbons (Fsp3) is 0.154. The third kappa shape index (κ3) is 2.27. The van der Waals surface area contributed by atoms with Gasteiger partial charge >= 0.3 is 5.97 Å². The molecule has 0 saturated carbocycles. The van der Waals surface area contributed by atoms with E-state index in [1.165, 1.54) is 23.5 Å². The van der Waals surface area contributed by atoms with E-state index in [4.69, 9.17) is 4.74 Å². The number of rotatable bonds is 3. The highest BCUT2D eigenvalue weighted by molar-refractivity contribution is 7.22. The van der Waals surface area contributed by atoms with Gasteiger partial charge in [-0.2, -0.15) is 0 Å². The SMILES string of the molecule is CCOC(=O)c1n[nH]c(-c2cc3ccc(F)cc3s2)n1. The second-order valence-corrected chi connectivity index (χ2v) is 5.10. The van der Waals surface area contributed by atoms with Crippen molar-refractivity contribution in [2.75, 3.05) is 6.61 Å². The average Bonchev–Trinajstić information content (AvgIpc) is 3.04. The molecule has 3 aromatic rings. The number of nitrogens with zero attached hydrogens (tertiary/aromatic N) is 2. The molecule has 0 atom stereocenters. The summed E-state index contributed by atoms with van der Waals surface area (Å²) >= 11 is 1.38. The Morgan fingerprint density at radius 1 is 1.45 bits per heavy atom. The van der Waals surface area contributed by atoms with Gasteiger partial charge in [0.2, 0.25) is 0 Å². The minimum Gasteiger partial charge on any atom is -0.460 e. The van der Waals surface area contributed by atoms with Crippen molar-refractivity contribution in [1.29, 1.82) is 0 Å². The van der Waals surface area contributed by atoms with E-state index in [9.17, 15) is 9.18 Å². The molecule has 0 amide bonds. The van der Waals surface area contributed by atoms with Crippen molar-refractivity contribution in [3.8, 4) is 10.7 Å². The van der Waals surface area contributed by atoms with E-state index in [0.29, 0.717) is 5.82 Å². The number of carbonyl (C=O) groups is 1. The Balaban J connectivity index is 1.96. The van der Waals surface area contributed by atoms with Gasteiger partial charge in [-0.05, 0) is 30.5 Å². The standard InChI is InChI=1S/C13H10FN3O2S/c1-2-19-13(18)12-15-11(16-17-12)10-5-7-3-4-8(14)6-9(7)20-10/h3-6H,2H2,1H3,(H,15,16,17). The molecule has 0 aliphatic rings. The summed E-state index contributed by atoms with van der Waals surface area (Å²) in [6, 6.07) is 6.44. The van der Waals surface area contributed by atoms with Crippen LogP contribution in [0.15, 0.2) is 24.3 Å². The zero-order valence-corrected chi connectivity index (χ0v) is 11.3. The minimum atomic E-state index is -0.567. The first-order valence-electron chi connectivity index (χ1n) is 5.96. The molecular weight excluding hydrogens is 281 g/mol. The number of halogens is 1. The van der Waals surface area contributed by atoms with E-state index in [1.807, 2.05) is 6.07 Å². The molecule has 2 aromatic heterocycles. The molecule has 0 bridgehead atoms. The zero-order chi connectivity index (χ0) is 14.1. The third-order valence-electron chi connectivity index (χ3n) is 2.66. The van der Waals surface area contributed by atoms with Gasteiger partial charge in [-0.25, -0.2) is 14.2 Å². The first-order valence-corrected chi connectivity index (χ1v) is 6.78. The summed E-state index contributed by atoms with van der Waals surface area (Å²) in [4.78, 5) is 16.4. The second-order valence-electron chi connectivity index (χ2n) is 4.02. The molecular formula is C13H10FN3O2S. The van der Waals surface area contributed by atoms with Crippen molar-refractivity contribution in [2.24, 2.45) is 0 Å². The van der Waals surface area contributed by atoms with Crippen LogP contribution in [0.25, 0.3) is 20.8 Å². The number of thiophene rings is 1. The van der Waals surface area contributed by atoms with Crippen LogP contribution in [0.4, 0.5) is 4.39 Å². The van der Waals surface area contributed by atoms with Gasteiger partial charge in [0.1, 0.15) is 5.82 Å². The van der Waals surface area contributed by atoms with Crippen molar-refractivity contribution >= 4 is 27.4 Å². The third-order valence-corrected chi connectivity index (χ3v) is 3.76. The molecule has 3 rings (SSSR count). The first kappa shape index (κ1) is 12.7. The number of H-pyrrole nitrogens is 1. The summed E-state index contributed by atoms with van der Waals surface area (Å²) in [6.07, 6.45) is 0. The Labute approximate surface area is 117 Å². The molecule has 0 saturated heterocycles. The van der Waals surface area contributed by atoms with E-state index in [2.05, 4.69) is 15.2 Å². The number of ether oxygens (including phenoxy) is 1. The average molecular weight is 291 g/mol. The topological polar surface area (TPSA) is 67.9 Å². The van der Waals surface area contributed by atoms with Crippen molar-refractivity contribution in [1.82, 2.24) is 15.2 Å². The Bertz CT molecular complexity index is 781. The molecule has 0 aliphatic heterocycles. The van der Waals surface area contributed by atoms with Crippen LogP contribution in [0.1, 0.15) is 17.5 Å². The van der Waals surface area contributed by atoms with E-state index in [-0.39, 0.29) is 18.2 Å². The summed E-state index contributed by atoms with van der Waals surface area (Å²) in [5, 5.41) is 7.43. The number of hydrogen-bond donors (Lipinski definition) is 1. The van der Waals surface area contributed by atoms with Gasteiger partial charge in [-0.3, -0.25) is 5.10 Å². The summed E-state index contributed by atoms with van der Waals surface area (Å²) in [5.74, 6) is -0.391. The lowest BCUT2D eigenvalue weighted by atomic mass is 10.2. The van der Waals surface area contributed by atoms with Crippen molar-refractivity contribution in [2.45, 2.75) is 6.92 Å². The van der Waals surface area contributed by atoms with Crippen LogP contribution >= 0.6 is 11.3 Å².